The summed E-state index contributed by atoms with van der Waals surface area (Å²) in [4.78, 5) is 37.1. The molecular formula is C35H41N5O3. The first-order valence-electron chi connectivity index (χ1n) is 15.1. The van der Waals surface area contributed by atoms with Crippen molar-refractivity contribution in [2.75, 3.05) is 7.11 Å². The molecule has 3 aromatic carbocycles. The van der Waals surface area contributed by atoms with E-state index < -0.39 is 0 Å². The number of methoxy groups -OCH3 is 1. The average Bonchev–Trinajstić information content (AvgIpc) is 3.60. The van der Waals surface area contributed by atoms with Crippen molar-refractivity contribution in [2.24, 2.45) is 0 Å². The lowest BCUT2D eigenvalue weighted by Gasteiger charge is -2.17. The van der Waals surface area contributed by atoms with E-state index in [1.54, 1.807) is 7.11 Å². The molecule has 5 rings (SSSR count). The first-order chi connectivity index (χ1) is 20.8. The number of H-pyrrole nitrogens is 2. The smallest absolute Gasteiger partial charge is 0.225 e. The van der Waals surface area contributed by atoms with E-state index in [0.29, 0.717) is 12.8 Å². The Morgan fingerprint density at radius 2 is 1.72 bits per heavy atom. The Bertz CT molecular complexity index is 1720. The molecule has 0 radical (unpaired) electrons. The molecule has 2 aromatic heterocycles. The van der Waals surface area contributed by atoms with Crippen molar-refractivity contribution >= 4 is 33.5 Å². The highest BCUT2D eigenvalue weighted by Gasteiger charge is 2.21. The molecule has 0 fully saturated rings. The van der Waals surface area contributed by atoms with Gasteiger partial charge in [-0.05, 0) is 74.2 Å². The minimum Gasteiger partial charge on any atom is -0.497 e. The largest absolute Gasteiger partial charge is 0.497 e. The Morgan fingerprint density at radius 1 is 0.907 bits per heavy atom. The second-order valence-electron chi connectivity index (χ2n) is 11.5. The lowest BCUT2D eigenvalue weighted by Crippen LogP contribution is -2.31. The van der Waals surface area contributed by atoms with Gasteiger partial charge in [0.1, 0.15) is 11.6 Å². The predicted molar refractivity (Wildman–Crippen MR) is 172 cm³/mol. The van der Waals surface area contributed by atoms with Crippen LogP contribution in [0, 0.1) is 6.92 Å². The number of hydrogen-bond acceptors (Lipinski definition) is 4. The van der Waals surface area contributed by atoms with Crippen LogP contribution in [-0.4, -0.2) is 39.9 Å². The molecule has 0 aliphatic rings. The standard InChI is InChI=1S/C35H41N5O3/c1-22(2)37-33(41)13-7-5-6-12-31(35-36-21-32(40-35)26-15-14-24-10-8-9-11-25(24)18-26)39-34(42)20-28-23(3)38-30-17-16-27(43-4)19-29(28)30/h8-11,14-19,21-22,31,38H,5-7,12-13,20H2,1-4H3,(H,36,40)(H,37,41)(H,39,42)/t31-/m0/s1. The fourth-order valence-electron chi connectivity index (χ4n) is 5.62. The molecule has 2 amide bonds. The van der Waals surface area contributed by atoms with Crippen LogP contribution in [-0.2, 0) is 16.0 Å². The van der Waals surface area contributed by atoms with Crippen molar-refractivity contribution < 1.29 is 14.3 Å². The maximum absolute atomic E-state index is 13.5. The number of imidazole rings is 1. The van der Waals surface area contributed by atoms with Gasteiger partial charge in [0.2, 0.25) is 11.8 Å². The first-order valence-corrected chi connectivity index (χ1v) is 15.1. The summed E-state index contributed by atoms with van der Waals surface area (Å²) in [6, 6.07) is 20.3. The quantitative estimate of drug-likeness (QED) is 0.114. The third-order valence-electron chi connectivity index (χ3n) is 7.83. The SMILES string of the molecule is COc1ccc2[nH]c(C)c(CC(=O)N[C@@H](CCCCCC(=O)NC(C)C)c3ncc(-c4ccc5ccccc5c4)[nH]3)c2c1. The molecule has 8 heteroatoms. The maximum Gasteiger partial charge on any atom is 0.225 e. The summed E-state index contributed by atoms with van der Waals surface area (Å²) in [7, 11) is 1.64. The van der Waals surface area contributed by atoms with Crippen LogP contribution >= 0.6 is 0 Å². The summed E-state index contributed by atoms with van der Waals surface area (Å²) < 4.78 is 5.42. The number of nitrogens with zero attached hydrogens (tertiary/aromatic N) is 1. The molecule has 43 heavy (non-hydrogen) atoms. The lowest BCUT2D eigenvalue weighted by molar-refractivity contribution is -0.122. The van der Waals surface area contributed by atoms with E-state index in [9.17, 15) is 9.59 Å². The van der Waals surface area contributed by atoms with E-state index in [-0.39, 0.29) is 30.3 Å². The normalized spacial score (nSPS) is 12.1. The van der Waals surface area contributed by atoms with Gasteiger partial charge in [0.25, 0.3) is 0 Å². The Hall–Kier alpha value is -4.59. The molecule has 0 aliphatic carbocycles. The topological polar surface area (TPSA) is 112 Å². The lowest BCUT2D eigenvalue weighted by atomic mass is 10.0. The second kappa shape index (κ2) is 13.6. The number of aromatic amines is 2. The molecule has 5 aromatic rings. The summed E-state index contributed by atoms with van der Waals surface area (Å²) >= 11 is 0. The van der Waals surface area contributed by atoms with Crippen molar-refractivity contribution in [3.05, 3.63) is 83.9 Å². The number of ether oxygens (including phenoxy) is 1. The number of rotatable bonds is 13. The van der Waals surface area contributed by atoms with Crippen LogP contribution in [0.25, 0.3) is 32.9 Å². The Morgan fingerprint density at radius 3 is 2.51 bits per heavy atom. The molecule has 0 saturated heterocycles. The summed E-state index contributed by atoms with van der Waals surface area (Å²) in [5, 5.41) is 9.53. The average molecular weight is 580 g/mol. The van der Waals surface area contributed by atoms with E-state index >= 15 is 0 Å². The molecule has 224 valence electrons. The predicted octanol–water partition coefficient (Wildman–Crippen LogP) is 6.90. The Kier molecular flexibility index (Phi) is 9.45. The van der Waals surface area contributed by atoms with Gasteiger partial charge in [-0.25, -0.2) is 4.98 Å². The maximum atomic E-state index is 13.5. The van der Waals surface area contributed by atoms with Crippen LogP contribution in [0.1, 0.15) is 69.1 Å². The van der Waals surface area contributed by atoms with Crippen molar-refractivity contribution in [3.8, 4) is 17.0 Å². The Balaban J connectivity index is 1.31. The molecule has 0 spiro atoms. The number of amides is 2. The first kappa shape index (κ1) is 29.9. The fraction of sp³-hybridized carbons (Fsp3) is 0.343. The highest BCUT2D eigenvalue weighted by Crippen LogP contribution is 2.28. The zero-order chi connectivity index (χ0) is 30.3. The zero-order valence-corrected chi connectivity index (χ0v) is 25.4. The number of unbranched alkanes of at least 4 members (excludes halogenated alkanes) is 2. The summed E-state index contributed by atoms with van der Waals surface area (Å²) in [6.45, 7) is 5.92. The van der Waals surface area contributed by atoms with Gasteiger partial charge in [-0.15, -0.1) is 0 Å². The van der Waals surface area contributed by atoms with Gasteiger partial charge < -0.3 is 25.3 Å². The third kappa shape index (κ3) is 7.44. The van der Waals surface area contributed by atoms with Crippen molar-refractivity contribution in [2.45, 2.75) is 71.4 Å². The molecule has 0 unspecified atom stereocenters. The molecule has 0 aliphatic heterocycles. The molecule has 0 bridgehead atoms. The van der Waals surface area contributed by atoms with Gasteiger partial charge in [-0.3, -0.25) is 9.59 Å². The molecule has 4 N–H and O–H groups in total. The number of aryl methyl sites for hydroxylation is 1. The van der Waals surface area contributed by atoms with Crippen LogP contribution in [0.5, 0.6) is 5.75 Å². The number of fused-ring (bicyclic) bond motifs is 2. The van der Waals surface area contributed by atoms with E-state index in [4.69, 9.17) is 9.72 Å². The summed E-state index contributed by atoms with van der Waals surface area (Å²) in [5.74, 6) is 1.49. The van der Waals surface area contributed by atoms with Gasteiger partial charge in [-0.1, -0.05) is 49.2 Å². The zero-order valence-electron chi connectivity index (χ0n) is 25.4. The van der Waals surface area contributed by atoms with Gasteiger partial charge in [-0.2, -0.15) is 0 Å². The number of hydrogen-bond donors (Lipinski definition) is 4. The molecular weight excluding hydrogens is 538 g/mol. The Labute approximate surface area is 252 Å². The van der Waals surface area contributed by atoms with Gasteiger partial charge in [0.15, 0.2) is 0 Å². The van der Waals surface area contributed by atoms with Gasteiger partial charge >= 0.3 is 0 Å². The third-order valence-corrected chi connectivity index (χ3v) is 7.83. The molecule has 2 heterocycles. The van der Waals surface area contributed by atoms with Crippen molar-refractivity contribution in [3.63, 3.8) is 0 Å². The van der Waals surface area contributed by atoms with Crippen LogP contribution in [0.4, 0.5) is 0 Å². The number of aromatic nitrogens is 3. The van der Waals surface area contributed by atoms with E-state index in [1.165, 1.54) is 5.39 Å². The summed E-state index contributed by atoms with van der Waals surface area (Å²) in [5.41, 5.74) is 4.85. The minimum absolute atomic E-state index is 0.0724. The fourth-order valence-corrected chi connectivity index (χ4v) is 5.62. The number of carbonyl (C=O) groups is 2. The molecule has 8 nitrogen and oxygen atoms in total. The number of nitrogens with one attached hydrogen (secondary N) is 4. The molecule has 0 saturated carbocycles. The van der Waals surface area contributed by atoms with Gasteiger partial charge in [0, 0.05) is 34.6 Å². The number of carbonyl (C=O) groups excluding carboxylic acids is 2. The second-order valence-corrected chi connectivity index (χ2v) is 11.5. The van der Waals surface area contributed by atoms with Crippen LogP contribution in [0.15, 0.2) is 66.9 Å². The van der Waals surface area contributed by atoms with Crippen LogP contribution in [0.3, 0.4) is 0 Å². The van der Waals surface area contributed by atoms with E-state index in [2.05, 4.69) is 50.9 Å². The summed E-state index contributed by atoms with van der Waals surface area (Å²) in [6.07, 6.45) is 5.84. The highest BCUT2D eigenvalue weighted by molar-refractivity contribution is 5.91. The van der Waals surface area contributed by atoms with Gasteiger partial charge in [0.05, 0.1) is 31.5 Å². The molecule has 1 atom stereocenters. The van der Waals surface area contributed by atoms with Crippen molar-refractivity contribution in [1.82, 2.24) is 25.6 Å². The van der Waals surface area contributed by atoms with Crippen LogP contribution in [0.2, 0.25) is 0 Å². The van der Waals surface area contributed by atoms with E-state index in [1.807, 2.05) is 57.3 Å². The minimum atomic E-state index is -0.286. The number of benzene rings is 3. The van der Waals surface area contributed by atoms with Crippen molar-refractivity contribution in [1.29, 1.82) is 0 Å². The monoisotopic (exact) mass is 579 g/mol. The van der Waals surface area contributed by atoms with E-state index in [0.717, 1.165) is 69.6 Å². The highest BCUT2D eigenvalue weighted by atomic mass is 16.5. The van der Waals surface area contributed by atoms with Crippen LogP contribution < -0.4 is 15.4 Å².